The van der Waals surface area contributed by atoms with Crippen LogP contribution in [-0.4, -0.2) is 77.9 Å². The van der Waals surface area contributed by atoms with E-state index in [1.807, 2.05) is 17.0 Å². The number of rotatable bonds is 10. The molecule has 2 heterocycles. The number of nitrogens with one attached hydrogen (secondary N) is 2. The number of ether oxygens (including phenoxy) is 1. The van der Waals surface area contributed by atoms with Crippen molar-refractivity contribution in [2.75, 3.05) is 36.4 Å². The van der Waals surface area contributed by atoms with Crippen LogP contribution < -0.4 is 14.9 Å². The zero-order valence-electron chi connectivity index (χ0n) is 26.3. The van der Waals surface area contributed by atoms with Gasteiger partial charge in [0.15, 0.2) is 0 Å². The fourth-order valence-electron chi connectivity index (χ4n) is 4.94. The average molecular weight is 701 g/mol. The summed E-state index contributed by atoms with van der Waals surface area (Å²) in [6.45, 7) is 6.36. The summed E-state index contributed by atoms with van der Waals surface area (Å²) in [6.07, 6.45) is -0.914. The fraction of sp³-hybridized carbons (Fsp3) is 0.312. The number of aromatic nitrogens is 2. The second-order valence-corrected chi connectivity index (χ2v) is 14.2. The summed E-state index contributed by atoms with van der Waals surface area (Å²) in [5.74, 6) is -2.09. The minimum absolute atomic E-state index is 0.00276. The van der Waals surface area contributed by atoms with Crippen LogP contribution in [0, 0.1) is 5.82 Å². The molecule has 1 unspecified atom stereocenters. The molecule has 0 aliphatic carbocycles. The maximum atomic E-state index is 15.2. The molecule has 1 atom stereocenters. The topological polar surface area (TPSA) is 167 Å². The van der Waals surface area contributed by atoms with Crippen molar-refractivity contribution in [2.45, 2.75) is 38.8 Å². The zero-order valence-corrected chi connectivity index (χ0v) is 27.9. The Morgan fingerprint density at radius 1 is 1.04 bits per heavy atom. The van der Waals surface area contributed by atoms with E-state index in [0.29, 0.717) is 29.4 Å². The molecule has 1 aromatic heterocycles. The Morgan fingerprint density at radius 2 is 1.71 bits per heavy atom. The van der Waals surface area contributed by atoms with Crippen LogP contribution in [0.4, 0.5) is 20.6 Å². The molecule has 0 saturated carbocycles. The van der Waals surface area contributed by atoms with Gasteiger partial charge in [-0.1, -0.05) is 22.8 Å². The lowest BCUT2D eigenvalue weighted by Gasteiger charge is -2.35. The molecule has 3 N–H and O–H groups in total. The van der Waals surface area contributed by atoms with Crippen LogP contribution in [0.2, 0.25) is 5.02 Å². The van der Waals surface area contributed by atoms with Crippen LogP contribution in [0.3, 0.4) is 0 Å². The first-order chi connectivity index (χ1) is 22.7. The van der Waals surface area contributed by atoms with Gasteiger partial charge in [0.05, 0.1) is 5.56 Å². The third-order valence-electron chi connectivity index (χ3n) is 7.28. The van der Waals surface area contributed by atoms with E-state index in [-0.39, 0.29) is 42.4 Å². The van der Waals surface area contributed by atoms with Gasteiger partial charge in [0.2, 0.25) is 5.82 Å². The Morgan fingerprint density at radius 3 is 2.31 bits per heavy atom. The largest absolute Gasteiger partial charge is 0.480 e. The summed E-state index contributed by atoms with van der Waals surface area (Å²) in [6, 6.07) is 16.1. The van der Waals surface area contributed by atoms with Gasteiger partial charge in [-0.25, -0.2) is 9.18 Å². The molecular formula is C32H34ClFN6O7S. The fourth-order valence-corrected chi connectivity index (χ4v) is 6.41. The summed E-state index contributed by atoms with van der Waals surface area (Å²) >= 11 is 5.95. The van der Waals surface area contributed by atoms with E-state index in [1.54, 1.807) is 57.2 Å². The monoisotopic (exact) mass is 700 g/mol. The molecule has 1 saturated heterocycles. The number of carboxylic acid groups (broad SMARTS) is 1. The molecule has 1 fully saturated rings. The Kier molecular flexibility index (Phi) is 10.3. The van der Waals surface area contributed by atoms with Crippen LogP contribution in [0.15, 0.2) is 71.3 Å². The number of carbonyl (C=O) groups excluding carboxylic acids is 1. The minimum atomic E-state index is -4.16. The van der Waals surface area contributed by atoms with E-state index >= 15 is 4.39 Å². The lowest BCUT2D eigenvalue weighted by Crippen LogP contribution is -2.55. The number of aliphatic carboxylic acids is 1. The molecule has 0 spiro atoms. The van der Waals surface area contributed by atoms with Crippen molar-refractivity contribution < 1.29 is 36.8 Å². The summed E-state index contributed by atoms with van der Waals surface area (Å²) in [4.78, 5) is 30.3. The smallest absolute Gasteiger partial charge is 0.412 e. The third-order valence-corrected chi connectivity index (χ3v) is 9.16. The van der Waals surface area contributed by atoms with E-state index in [2.05, 4.69) is 20.2 Å². The Hall–Kier alpha value is -4.57. The molecule has 13 nitrogen and oxygen atoms in total. The molecule has 1 amide bonds. The average Bonchev–Trinajstić information content (AvgIpc) is 3.50. The number of carboxylic acids is 1. The van der Waals surface area contributed by atoms with Crippen LogP contribution in [0.25, 0.3) is 22.8 Å². The standard InChI is InChI=1S/C32H34ClFN6O7S/c1-32(2,3)46-31(43)35-23-9-5-21(6-10-23)29-36-28(37-47-29)25-13-4-20(18-26(25)34)19-27(30(41)42)38-48(44,45)40-16-14-39(15-17-40)24-11-7-22(33)8-12-24/h4-13,18,27,38H,14-17,19H2,1-3H3,(H,35,43)(H,41,42). The summed E-state index contributed by atoms with van der Waals surface area (Å²) < 4.78 is 55.5. The highest BCUT2D eigenvalue weighted by Gasteiger charge is 2.32. The minimum Gasteiger partial charge on any atom is -0.480 e. The molecule has 4 aromatic rings. The maximum absolute atomic E-state index is 15.2. The van der Waals surface area contributed by atoms with Crippen molar-refractivity contribution in [1.82, 2.24) is 19.2 Å². The van der Waals surface area contributed by atoms with Crippen molar-refractivity contribution in [1.29, 1.82) is 0 Å². The number of anilines is 2. The summed E-state index contributed by atoms with van der Waals surface area (Å²) in [5.41, 5.74) is 1.50. The Balaban J connectivity index is 1.20. The number of amides is 1. The Labute approximate surface area is 281 Å². The van der Waals surface area contributed by atoms with Gasteiger partial charge < -0.3 is 19.3 Å². The number of halogens is 2. The van der Waals surface area contributed by atoms with Gasteiger partial charge in [-0.15, -0.1) is 0 Å². The number of nitrogens with zero attached hydrogens (tertiary/aromatic N) is 4. The highest BCUT2D eigenvalue weighted by atomic mass is 35.5. The van der Waals surface area contributed by atoms with Gasteiger partial charge in [-0.3, -0.25) is 10.1 Å². The molecule has 16 heteroatoms. The van der Waals surface area contributed by atoms with E-state index in [4.69, 9.17) is 20.9 Å². The number of benzene rings is 3. The van der Waals surface area contributed by atoms with Crippen LogP contribution >= 0.6 is 11.6 Å². The molecule has 3 aromatic carbocycles. The van der Waals surface area contributed by atoms with Crippen LogP contribution in [-0.2, 0) is 26.2 Å². The van der Waals surface area contributed by atoms with Gasteiger partial charge >= 0.3 is 12.1 Å². The quantitative estimate of drug-likeness (QED) is 0.200. The molecule has 254 valence electrons. The van der Waals surface area contributed by atoms with E-state index in [9.17, 15) is 23.1 Å². The zero-order chi connectivity index (χ0) is 34.6. The van der Waals surface area contributed by atoms with Crippen molar-refractivity contribution in [3.8, 4) is 22.8 Å². The predicted molar refractivity (Wildman–Crippen MR) is 177 cm³/mol. The highest BCUT2D eigenvalue weighted by Crippen LogP contribution is 2.27. The predicted octanol–water partition coefficient (Wildman–Crippen LogP) is 5.20. The van der Waals surface area contributed by atoms with Gasteiger partial charge in [0, 0.05) is 48.1 Å². The Bertz CT molecular complexity index is 1870. The van der Waals surface area contributed by atoms with Crippen molar-refractivity contribution >= 4 is 45.2 Å². The first-order valence-electron chi connectivity index (χ1n) is 14.9. The number of piperazine rings is 1. The number of hydrogen-bond donors (Lipinski definition) is 3. The van der Waals surface area contributed by atoms with E-state index in [1.165, 1.54) is 16.4 Å². The first kappa shape index (κ1) is 34.8. The van der Waals surface area contributed by atoms with E-state index < -0.39 is 39.7 Å². The number of hydrogen-bond acceptors (Lipinski definition) is 9. The highest BCUT2D eigenvalue weighted by molar-refractivity contribution is 7.87. The lowest BCUT2D eigenvalue weighted by atomic mass is 10.0. The second-order valence-electron chi connectivity index (χ2n) is 12.0. The molecule has 5 rings (SSSR count). The molecule has 48 heavy (non-hydrogen) atoms. The summed E-state index contributed by atoms with van der Waals surface area (Å²) in [5, 5.41) is 16.9. The molecular weight excluding hydrogens is 667 g/mol. The molecule has 0 radical (unpaired) electrons. The van der Waals surface area contributed by atoms with Gasteiger partial charge in [-0.2, -0.15) is 22.4 Å². The van der Waals surface area contributed by atoms with Gasteiger partial charge in [-0.05, 0) is 93.4 Å². The third kappa shape index (κ3) is 8.86. The van der Waals surface area contributed by atoms with Crippen LogP contribution in [0.5, 0.6) is 0 Å². The summed E-state index contributed by atoms with van der Waals surface area (Å²) in [7, 11) is -4.16. The lowest BCUT2D eigenvalue weighted by molar-refractivity contribution is -0.138. The number of carbonyl (C=O) groups is 2. The van der Waals surface area contributed by atoms with Gasteiger partial charge in [0.25, 0.3) is 16.1 Å². The second kappa shape index (κ2) is 14.3. The van der Waals surface area contributed by atoms with Crippen molar-refractivity contribution in [3.63, 3.8) is 0 Å². The molecule has 0 bridgehead atoms. The molecule has 1 aliphatic heterocycles. The first-order valence-corrected chi connectivity index (χ1v) is 16.7. The molecule has 1 aliphatic rings. The van der Waals surface area contributed by atoms with E-state index in [0.717, 1.165) is 11.8 Å². The van der Waals surface area contributed by atoms with Crippen LogP contribution in [0.1, 0.15) is 26.3 Å². The van der Waals surface area contributed by atoms with Crippen molar-refractivity contribution in [3.05, 3.63) is 83.1 Å². The SMILES string of the molecule is CC(C)(C)OC(=O)Nc1ccc(-c2nc(-c3ccc(CC(NS(=O)(=O)N4CCN(c5ccc(Cl)cc5)CC4)C(=O)O)cc3F)no2)cc1. The van der Waals surface area contributed by atoms with Crippen molar-refractivity contribution in [2.24, 2.45) is 0 Å². The van der Waals surface area contributed by atoms with Gasteiger partial charge in [0.1, 0.15) is 17.5 Å². The normalized spacial score (nSPS) is 14.8. The maximum Gasteiger partial charge on any atom is 0.412 e.